The molecule has 2 saturated carbocycles. The minimum atomic E-state index is -0.900. The van der Waals surface area contributed by atoms with E-state index in [1.165, 1.54) is 11.1 Å². The number of aliphatic hydroxyl groups is 2. The summed E-state index contributed by atoms with van der Waals surface area (Å²) in [6, 6.07) is 8.18. The van der Waals surface area contributed by atoms with Crippen molar-refractivity contribution in [3.8, 4) is 23.0 Å². The summed E-state index contributed by atoms with van der Waals surface area (Å²) in [4.78, 5) is 27.6. The molecule has 8 unspecified atom stereocenters. The maximum atomic E-state index is 12.7. The molecule has 4 aliphatic heterocycles. The van der Waals surface area contributed by atoms with Gasteiger partial charge in [-0.05, 0) is 62.5 Å². The van der Waals surface area contributed by atoms with Crippen molar-refractivity contribution in [3.05, 3.63) is 46.5 Å². The zero-order valence-corrected chi connectivity index (χ0v) is 31.3. The molecule has 0 aromatic heterocycles. The van der Waals surface area contributed by atoms with Crippen molar-refractivity contribution in [1.82, 2.24) is 4.90 Å². The van der Waals surface area contributed by atoms with Crippen LogP contribution in [0.3, 0.4) is 0 Å². The van der Waals surface area contributed by atoms with Crippen LogP contribution >= 0.6 is 0 Å². The number of piperidine rings is 2. The molecule has 11 heteroatoms. The number of likely N-dealkylation sites (N-methyl/N-ethyl adjacent to an activating group) is 2. The predicted molar refractivity (Wildman–Crippen MR) is 170 cm³/mol. The van der Waals surface area contributed by atoms with Crippen LogP contribution in [0.25, 0.3) is 0 Å². The Morgan fingerprint density at radius 1 is 0.792 bits per heavy atom. The quantitative estimate of drug-likeness (QED) is 0.449. The first-order valence-electron chi connectivity index (χ1n) is 17.1. The van der Waals surface area contributed by atoms with E-state index in [1.807, 2.05) is 12.1 Å². The summed E-state index contributed by atoms with van der Waals surface area (Å²) in [5, 5.41) is 23.7. The Bertz CT molecular complexity index is 1760. The molecule has 1 radical (unpaired) electrons. The van der Waals surface area contributed by atoms with Crippen LogP contribution < -0.4 is 18.9 Å². The van der Waals surface area contributed by atoms with E-state index < -0.39 is 34.2 Å². The van der Waals surface area contributed by atoms with Gasteiger partial charge in [0.05, 0.1) is 51.3 Å². The Balaban J connectivity index is 0.000000137. The number of Topliss-reactive ketones (excluding diaryl/α,β-unsaturated/α-hetero) is 2. The molecule has 2 aromatic rings. The molecule has 4 bridgehead atoms. The third kappa shape index (κ3) is 3.65. The Morgan fingerprint density at radius 2 is 1.31 bits per heavy atom. The number of nitrogens with zero attached hydrogens (tertiary/aromatic N) is 2. The van der Waals surface area contributed by atoms with Gasteiger partial charge in [-0.3, -0.25) is 9.59 Å². The first-order valence-corrected chi connectivity index (χ1v) is 17.1. The number of ketones is 2. The van der Waals surface area contributed by atoms with E-state index >= 15 is 0 Å². The van der Waals surface area contributed by atoms with Crippen LogP contribution in [0, 0.1) is 0 Å². The first kappa shape index (κ1) is 33.1. The number of hydrogen-bond donors (Lipinski definition) is 2. The predicted octanol–water partition coefficient (Wildman–Crippen LogP) is 2.24. The second kappa shape index (κ2) is 10.5. The minimum absolute atomic E-state index is 0. The van der Waals surface area contributed by atoms with E-state index in [0.717, 1.165) is 54.4 Å². The second-order valence-electron chi connectivity index (χ2n) is 15.9. The molecule has 2 aromatic carbocycles. The van der Waals surface area contributed by atoms with Gasteiger partial charge in [-0.15, -0.1) is 0 Å². The number of quaternary nitrogens is 1. The summed E-state index contributed by atoms with van der Waals surface area (Å²) in [7, 11) is 9.72. The van der Waals surface area contributed by atoms with Gasteiger partial charge in [-0.2, -0.15) is 0 Å². The van der Waals surface area contributed by atoms with Gasteiger partial charge in [-0.25, -0.2) is 0 Å². The minimum Gasteiger partial charge on any atom is -0.493 e. The van der Waals surface area contributed by atoms with Crippen molar-refractivity contribution in [3.63, 3.8) is 0 Å². The van der Waals surface area contributed by atoms with Crippen molar-refractivity contribution in [2.24, 2.45) is 0 Å². The molecule has 253 valence electrons. The Kier molecular flexibility index (Phi) is 7.23. The molecule has 2 saturated heterocycles. The van der Waals surface area contributed by atoms with Crippen LogP contribution in [0.1, 0.15) is 60.8 Å². The van der Waals surface area contributed by atoms with Gasteiger partial charge in [-0.1, -0.05) is 12.1 Å². The van der Waals surface area contributed by atoms with Crippen molar-refractivity contribution >= 4 is 11.6 Å². The van der Waals surface area contributed by atoms with Crippen molar-refractivity contribution in [2.75, 3.05) is 48.5 Å². The van der Waals surface area contributed by atoms with E-state index in [9.17, 15) is 19.8 Å². The number of rotatable bonds is 2. The van der Waals surface area contributed by atoms with Gasteiger partial charge in [0, 0.05) is 75.6 Å². The van der Waals surface area contributed by atoms with Crippen LogP contribution in [-0.4, -0.2) is 115 Å². The number of carbonyl (C=O) groups is 2. The normalized spacial score (nSPS) is 39.8. The summed E-state index contributed by atoms with van der Waals surface area (Å²) in [5.41, 5.74) is 1.51. The smallest absolute Gasteiger partial charge is 0.174 e. The van der Waals surface area contributed by atoms with Gasteiger partial charge in [0.15, 0.2) is 46.8 Å². The summed E-state index contributed by atoms with van der Waals surface area (Å²) in [6.07, 6.45) is 3.85. The fourth-order valence-electron chi connectivity index (χ4n) is 11.8. The van der Waals surface area contributed by atoms with E-state index in [1.54, 1.807) is 14.2 Å². The Morgan fingerprint density at radius 3 is 1.88 bits per heavy atom. The number of methoxy groups -OCH3 is 2. The second-order valence-corrected chi connectivity index (χ2v) is 15.9. The average Bonchev–Trinajstić information content (AvgIpc) is 3.60. The molecule has 8 atom stereocenters. The van der Waals surface area contributed by atoms with Crippen LogP contribution in [-0.2, 0) is 66.0 Å². The molecule has 4 aliphatic carbocycles. The van der Waals surface area contributed by atoms with Gasteiger partial charge in [0.25, 0.3) is 0 Å². The molecule has 10 nitrogen and oxygen atoms in total. The summed E-state index contributed by atoms with van der Waals surface area (Å²) >= 11 is 0. The molecule has 4 fully saturated rings. The SMILES string of the molecule is COc1ccc2c3c1OC1C(=O)CCC4(O)C(C2)N(C)CCC314.COc1ccc2c3c1OC1C(=O)CCC4(O)C(C2)[N+](C)(C)CCC314.[Y]. The zero-order valence-electron chi connectivity index (χ0n) is 28.5. The van der Waals surface area contributed by atoms with Crippen LogP contribution in [0.2, 0.25) is 0 Å². The fourth-order valence-corrected chi connectivity index (χ4v) is 11.8. The maximum absolute atomic E-state index is 12.7. The molecule has 2 N–H and O–H groups in total. The number of carbonyl (C=O) groups excluding carboxylic acids is 2. The third-order valence-corrected chi connectivity index (χ3v) is 14.0. The summed E-state index contributed by atoms with van der Waals surface area (Å²) < 4.78 is 24.1. The maximum Gasteiger partial charge on any atom is 0.174 e. The van der Waals surface area contributed by atoms with E-state index in [2.05, 4.69) is 38.2 Å². The molecule has 8 aliphatic rings. The molecular formula is C37H45N2O8Y+. The van der Waals surface area contributed by atoms with E-state index in [0.29, 0.717) is 48.7 Å². The topological polar surface area (TPSA) is 115 Å². The number of benzene rings is 2. The largest absolute Gasteiger partial charge is 0.493 e. The number of likely N-dealkylation sites (tertiary alicyclic amines) is 2. The van der Waals surface area contributed by atoms with Crippen LogP contribution in [0.5, 0.6) is 23.0 Å². The molecule has 48 heavy (non-hydrogen) atoms. The molecule has 2 spiro atoms. The van der Waals surface area contributed by atoms with Crippen molar-refractivity contribution in [1.29, 1.82) is 0 Å². The Labute approximate surface area is 306 Å². The standard InChI is InChI=1S/C19H24NO4.C18H21NO4.Y/c1-20(2)9-8-18-15-11-4-5-13(23-3)16(15)24-17(18)12(21)6-7-19(18,22)14(20)10-11;1-19-8-7-17-14-10-3-4-12(22-2)15(14)23-16(17)11(20)5-6-18(17,21)13(19)9-10;/h4-5,14,17,22H,6-10H2,1-3H3;3-4,13,16,21H,5-9H2,1-2H3;/q+1;;. The number of hydrogen-bond acceptors (Lipinski definition) is 9. The van der Waals surface area contributed by atoms with Crippen molar-refractivity contribution in [2.45, 2.75) is 97.7 Å². The molecule has 10 rings (SSSR count). The monoisotopic (exact) mass is 734 g/mol. The van der Waals surface area contributed by atoms with Gasteiger partial charge < -0.3 is 38.5 Å². The van der Waals surface area contributed by atoms with Gasteiger partial charge in [0.1, 0.15) is 11.6 Å². The van der Waals surface area contributed by atoms with Gasteiger partial charge in [0.2, 0.25) is 0 Å². The third-order valence-electron chi connectivity index (χ3n) is 14.0. The molecule has 4 heterocycles. The molecule has 0 amide bonds. The van der Waals surface area contributed by atoms with Gasteiger partial charge >= 0.3 is 0 Å². The molecular weight excluding hydrogens is 689 g/mol. The average molecular weight is 735 g/mol. The zero-order chi connectivity index (χ0) is 32.9. The summed E-state index contributed by atoms with van der Waals surface area (Å²) in [6.45, 7) is 1.81. The Hall–Kier alpha value is -2.08. The number of ether oxygens (including phenoxy) is 4. The fraction of sp³-hybridized carbons (Fsp3) is 0.622. The summed E-state index contributed by atoms with van der Waals surface area (Å²) in [5.74, 6) is 2.96. The van der Waals surface area contributed by atoms with Crippen LogP contribution in [0.15, 0.2) is 24.3 Å². The van der Waals surface area contributed by atoms with Crippen molar-refractivity contribution < 1.29 is 75.9 Å². The first-order chi connectivity index (χ1) is 22.4. The van der Waals surface area contributed by atoms with E-state index in [-0.39, 0.29) is 56.4 Å². The van der Waals surface area contributed by atoms with Crippen LogP contribution in [0.4, 0.5) is 0 Å². The van der Waals surface area contributed by atoms with E-state index in [4.69, 9.17) is 18.9 Å².